The first kappa shape index (κ1) is 14.3. The second-order valence-corrected chi connectivity index (χ2v) is 6.12. The molecule has 0 fully saturated rings. The normalized spacial score (nSPS) is 11.1. The zero-order chi connectivity index (χ0) is 13.7. The third-order valence-electron chi connectivity index (χ3n) is 3.23. The van der Waals surface area contributed by atoms with E-state index in [4.69, 9.17) is 0 Å². The molecule has 0 bridgehead atoms. The molecule has 0 aromatic carbocycles. The van der Waals surface area contributed by atoms with E-state index >= 15 is 0 Å². The average molecular weight is 277 g/mol. The number of nitrogens with one attached hydrogen (secondary N) is 1. The molecule has 0 aliphatic heterocycles. The molecule has 2 aromatic heterocycles. The Labute approximate surface area is 119 Å². The van der Waals surface area contributed by atoms with E-state index in [0.717, 1.165) is 32.5 Å². The molecule has 0 saturated heterocycles. The lowest BCUT2D eigenvalue weighted by atomic mass is 10.2. The Morgan fingerprint density at radius 2 is 2.11 bits per heavy atom. The molecular formula is C15H23N3S. The predicted molar refractivity (Wildman–Crippen MR) is 81.7 cm³/mol. The highest BCUT2D eigenvalue weighted by atomic mass is 32.1. The summed E-state index contributed by atoms with van der Waals surface area (Å²) in [5.41, 5.74) is 2.54. The number of aryl methyl sites for hydroxylation is 3. The Balaban J connectivity index is 1.80. The smallest absolute Gasteiger partial charge is 0.0624 e. The molecule has 2 rings (SSSR count). The van der Waals surface area contributed by atoms with Gasteiger partial charge < -0.3 is 5.32 Å². The van der Waals surface area contributed by atoms with Gasteiger partial charge in [-0.2, -0.15) is 5.10 Å². The Hall–Kier alpha value is -1.13. The monoisotopic (exact) mass is 277 g/mol. The van der Waals surface area contributed by atoms with Gasteiger partial charge in [-0.05, 0) is 38.0 Å². The Morgan fingerprint density at radius 3 is 2.74 bits per heavy atom. The Kier molecular flexibility index (Phi) is 5.16. The number of aromatic nitrogens is 2. The molecule has 0 unspecified atom stereocenters. The number of thiophene rings is 1. The minimum absolute atomic E-state index is 0.952. The fourth-order valence-corrected chi connectivity index (χ4v) is 3.00. The van der Waals surface area contributed by atoms with E-state index in [-0.39, 0.29) is 0 Å². The van der Waals surface area contributed by atoms with Gasteiger partial charge in [-0.15, -0.1) is 11.3 Å². The standard InChI is InChI=1S/C15H23N3S/c1-4-13-10-14(5-2)18(17-13)9-8-16-11-15-7-6-12(3)19-15/h6-7,10,16H,4-5,8-9,11H2,1-3H3. The van der Waals surface area contributed by atoms with Crippen LogP contribution in [0.25, 0.3) is 0 Å². The molecule has 0 aliphatic carbocycles. The summed E-state index contributed by atoms with van der Waals surface area (Å²) in [4.78, 5) is 2.78. The van der Waals surface area contributed by atoms with Crippen molar-refractivity contribution in [3.8, 4) is 0 Å². The average Bonchev–Trinajstić information content (AvgIpc) is 3.00. The minimum atomic E-state index is 0.952. The molecule has 0 spiro atoms. The molecule has 1 N–H and O–H groups in total. The summed E-state index contributed by atoms with van der Waals surface area (Å²) >= 11 is 1.86. The van der Waals surface area contributed by atoms with Crippen LogP contribution in [0.2, 0.25) is 0 Å². The summed E-state index contributed by atoms with van der Waals surface area (Å²) in [5, 5.41) is 8.12. The first-order valence-electron chi connectivity index (χ1n) is 7.04. The molecule has 0 aliphatic rings. The third kappa shape index (κ3) is 3.91. The maximum Gasteiger partial charge on any atom is 0.0624 e. The highest BCUT2D eigenvalue weighted by Gasteiger charge is 2.04. The second kappa shape index (κ2) is 6.87. The van der Waals surface area contributed by atoms with Gasteiger partial charge in [-0.1, -0.05) is 13.8 Å². The first-order valence-corrected chi connectivity index (χ1v) is 7.86. The Bertz CT molecular complexity index is 513. The van der Waals surface area contributed by atoms with Crippen molar-refractivity contribution in [2.75, 3.05) is 6.54 Å². The number of hydrogen-bond acceptors (Lipinski definition) is 3. The van der Waals surface area contributed by atoms with Crippen LogP contribution in [-0.4, -0.2) is 16.3 Å². The summed E-state index contributed by atoms with van der Waals surface area (Å²) in [6.45, 7) is 9.38. The molecule has 19 heavy (non-hydrogen) atoms. The second-order valence-electron chi connectivity index (χ2n) is 4.75. The van der Waals surface area contributed by atoms with Crippen molar-refractivity contribution >= 4 is 11.3 Å². The van der Waals surface area contributed by atoms with Gasteiger partial charge >= 0.3 is 0 Å². The summed E-state index contributed by atoms with van der Waals surface area (Å²) in [7, 11) is 0. The van der Waals surface area contributed by atoms with E-state index in [1.54, 1.807) is 0 Å². The van der Waals surface area contributed by atoms with Crippen molar-refractivity contribution in [3.63, 3.8) is 0 Å². The van der Waals surface area contributed by atoms with Crippen LogP contribution in [-0.2, 0) is 25.9 Å². The van der Waals surface area contributed by atoms with Crippen LogP contribution in [0.4, 0.5) is 0 Å². The van der Waals surface area contributed by atoms with Crippen LogP contribution in [0.5, 0.6) is 0 Å². The fraction of sp³-hybridized carbons (Fsp3) is 0.533. The topological polar surface area (TPSA) is 29.9 Å². The summed E-state index contributed by atoms with van der Waals surface area (Å²) < 4.78 is 2.14. The molecule has 0 saturated carbocycles. The van der Waals surface area contributed by atoms with Gasteiger partial charge in [-0.3, -0.25) is 4.68 Å². The third-order valence-corrected chi connectivity index (χ3v) is 4.23. The van der Waals surface area contributed by atoms with Gasteiger partial charge in [0.1, 0.15) is 0 Å². The molecular weight excluding hydrogens is 254 g/mol. The van der Waals surface area contributed by atoms with E-state index in [0.29, 0.717) is 0 Å². The van der Waals surface area contributed by atoms with Gasteiger partial charge in [0.15, 0.2) is 0 Å². The van der Waals surface area contributed by atoms with Crippen molar-refractivity contribution in [2.45, 2.75) is 46.7 Å². The molecule has 0 amide bonds. The Morgan fingerprint density at radius 1 is 1.26 bits per heavy atom. The zero-order valence-corrected chi connectivity index (χ0v) is 12.9. The van der Waals surface area contributed by atoms with E-state index in [2.05, 4.69) is 54.1 Å². The summed E-state index contributed by atoms with van der Waals surface area (Å²) in [6.07, 6.45) is 2.07. The van der Waals surface area contributed by atoms with E-state index in [1.807, 2.05) is 11.3 Å². The predicted octanol–water partition coefficient (Wildman–Crippen LogP) is 3.17. The van der Waals surface area contributed by atoms with Crippen LogP contribution in [0.3, 0.4) is 0 Å². The van der Waals surface area contributed by atoms with Crippen molar-refractivity contribution in [1.82, 2.24) is 15.1 Å². The van der Waals surface area contributed by atoms with Gasteiger partial charge in [0, 0.05) is 28.5 Å². The van der Waals surface area contributed by atoms with Crippen molar-refractivity contribution in [1.29, 1.82) is 0 Å². The van der Waals surface area contributed by atoms with Crippen molar-refractivity contribution < 1.29 is 0 Å². The lowest BCUT2D eigenvalue weighted by Crippen LogP contribution is -2.20. The molecule has 2 heterocycles. The van der Waals surface area contributed by atoms with E-state index in [1.165, 1.54) is 21.1 Å². The minimum Gasteiger partial charge on any atom is -0.310 e. The lowest BCUT2D eigenvalue weighted by Gasteiger charge is -2.06. The molecule has 104 valence electrons. The van der Waals surface area contributed by atoms with Crippen molar-refractivity contribution in [2.24, 2.45) is 0 Å². The maximum absolute atomic E-state index is 4.63. The van der Waals surface area contributed by atoms with E-state index < -0.39 is 0 Å². The van der Waals surface area contributed by atoms with Crippen LogP contribution in [0.15, 0.2) is 18.2 Å². The largest absolute Gasteiger partial charge is 0.310 e. The van der Waals surface area contributed by atoms with Gasteiger partial charge in [0.2, 0.25) is 0 Å². The molecule has 3 nitrogen and oxygen atoms in total. The van der Waals surface area contributed by atoms with Crippen LogP contribution < -0.4 is 5.32 Å². The maximum atomic E-state index is 4.63. The number of hydrogen-bond donors (Lipinski definition) is 1. The highest BCUT2D eigenvalue weighted by Crippen LogP contribution is 2.14. The molecule has 0 atom stereocenters. The van der Waals surface area contributed by atoms with Crippen molar-refractivity contribution in [3.05, 3.63) is 39.3 Å². The first-order chi connectivity index (χ1) is 9.22. The molecule has 4 heteroatoms. The molecule has 0 radical (unpaired) electrons. The fourth-order valence-electron chi connectivity index (χ4n) is 2.14. The van der Waals surface area contributed by atoms with Gasteiger partial charge in [-0.25, -0.2) is 0 Å². The zero-order valence-electron chi connectivity index (χ0n) is 12.1. The quantitative estimate of drug-likeness (QED) is 0.788. The van der Waals surface area contributed by atoms with Gasteiger partial charge in [0.25, 0.3) is 0 Å². The van der Waals surface area contributed by atoms with Gasteiger partial charge in [0.05, 0.1) is 12.2 Å². The van der Waals surface area contributed by atoms with Crippen LogP contribution in [0, 0.1) is 6.92 Å². The SMILES string of the molecule is CCc1cc(CC)n(CCNCc2ccc(C)s2)n1. The lowest BCUT2D eigenvalue weighted by molar-refractivity contribution is 0.536. The number of nitrogens with zero attached hydrogens (tertiary/aromatic N) is 2. The summed E-state index contributed by atoms with van der Waals surface area (Å²) in [6, 6.07) is 6.61. The highest BCUT2D eigenvalue weighted by molar-refractivity contribution is 7.11. The van der Waals surface area contributed by atoms with Crippen LogP contribution in [0.1, 0.15) is 35.0 Å². The summed E-state index contributed by atoms with van der Waals surface area (Å²) in [5.74, 6) is 0. The number of rotatable bonds is 7. The van der Waals surface area contributed by atoms with E-state index in [9.17, 15) is 0 Å². The van der Waals surface area contributed by atoms with Crippen LogP contribution >= 0.6 is 11.3 Å². The molecule has 2 aromatic rings.